The Balaban J connectivity index is 1.52. The Morgan fingerprint density at radius 2 is 1.92 bits per heavy atom. The van der Waals surface area contributed by atoms with Crippen molar-refractivity contribution in [3.05, 3.63) is 78.2 Å². The molecule has 0 radical (unpaired) electrons. The van der Waals surface area contributed by atoms with Gasteiger partial charge >= 0.3 is 0 Å². The number of carbonyl (C=O) groups is 1. The Labute approximate surface area is 141 Å². The molecule has 1 aliphatic rings. The number of rotatable bonds is 4. The van der Waals surface area contributed by atoms with Crippen LogP contribution in [0.15, 0.2) is 67.1 Å². The van der Waals surface area contributed by atoms with E-state index in [2.05, 4.69) is 27.0 Å². The molecular weight excluding hydrogens is 298 g/mol. The van der Waals surface area contributed by atoms with E-state index >= 15 is 0 Å². The summed E-state index contributed by atoms with van der Waals surface area (Å²) >= 11 is 0. The lowest BCUT2D eigenvalue weighted by molar-refractivity contribution is -0.122. The molecule has 1 amide bonds. The highest BCUT2D eigenvalue weighted by Crippen LogP contribution is 2.38. The molecule has 1 N–H and O–H groups in total. The van der Waals surface area contributed by atoms with Gasteiger partial charge in [0.15, 0.2) is 0 Å². The van der Waals surface area contributed by atoms with Crippen molar-refractivity contribution < 1.29 is 4.79 Å². The molecular formula is C20H19N3O. The Bertz CT molecular complexity index is 869. The SMILES string of the molecule is C[C@H](C(=O)NC[C@@H]1c2ccccc2-c2cncn21)c1ccccc1. The first-order valence-electron chi connectivity index (χ1n) is 8.19. The van der Waals surface area contributed by atoms with Crippen LogP contribution in [0.2, 0.25) is 0 Å². The van der Waals surface area contributed by atoms with E-state index in [0.29, 0.717) is 6.54 Å². The van der Waals surface area contributed by atoms with Crippen molar-refractivity contribution in [2.75, 3.05) is 6.54 Å². The van der Waals surface area contributed by atoms with Gasteiger partial charge in [0.25, 0.3) is 0 Å². The number of hydrogen-bond acceptors (Lipinski definition) is 2. The second kappa shape index (κ2) is 5.96. The third kappa shape index (κ3) is 2.40. The zero-order valence-electron chi connectivity index (χ0n) is 13.5. The summed E-state index contributed by atoms with van der Waals surface area (Å²) in [4.78, 5) is 16.8. The highest BCUT2D eigenvalue weighted by Gasteiger charge is 2.28. The zero-order valence-corrected chi connectivity index (χ0v) is 13.5. The van der Waals surface area contributed by atoms with Crippen LogP contribution < -0.4 is 5.32 Å². The van der Waals surface area contributed by atoms with E-state index < -0.39 is 0 Å². The van der Waals surface area contributed by atoms with Crippen LogP contribution in [0.5, 0.6) is 0 Å². The summed E-state index contributed by atoms with van der Waals surface area (Å²) in [7, 11) is 0. The minimum atomic E-state index is -0.162. The van der Waals surface area contributed by atoms with Gasteiger partial charge in [0.2, 0.25) is 5.91 Å². The first kappa shape index (κ1) is 14.7. The highest BCUT2D eigenvalue weighted by atomic mass is 16.1. The Hall–Kier alpha value is -2.88. The van der Waals surface area contributed by atoms with Crippen molar-refractivity contribution in [1.82, 2.24) is 14.9 Å². The average molecular weight is 317 g/mol. The lowest BCUT2D eigenvalue weighted by Gasteiger charge is -2.18. The molecule has 4 nitrogen and oxygen atoms in total. The number of aromatic nitrogens is 2. The molecule has 0 saturated carbocycles. The molecule has 2 aromatic carbocycles. The molecule has 1 aromatic heterocycles. The van der Waals surface area contributed by atoms with E-state index in [9.17, 15) is 4.79 Å². The molecule has 4 heteroatoms. The third-order valence-corrected chi connectivity index (χ3v) is 4.76. The Morgan fingerprint density at radius 3 is 2.75 bits per heavy atom. The predicted molar refractivity (Wildman–Crippen MR) is 93.7 cm³/mol. The van der Waals surface area contributed by atoms with Gasteiger partial charge in [-0.3, -0.25) is 4.79 Å². The fraction of sp³-hybridized carbons (Fsp3) is 0.200. The topological polar surface area (TPSA) is 46.9 Å². The normalized spacial score (nSPS) is 16.3. The molecule has 0 unspecified atom stereocenters. The van der Waals surface area contributed by atoms with Crippen LogP contribution in [-0.4, -0.2) is 22.0 Å². The molecule has 0 aliphatic carbocycles. The molecule has 1 aliphatic heterocycles. The van der Waals surface area contributed by atoms with Crippen LogP contribution in [0.1, 0.15) is 30.0 Å². The minimum absolute atomic E-state index is 0.0484. The van der Waals surface area contributed by atoms with Gasteiger partial charge in [-0.2, -0.15) is 0 Å². The molecule has 0 saturated heterocycles. The van der Waals surface area contributed by atoms with E-state index in [1.165, 1.54) is 11.1 Å². The van der Waals surface area contributed by atoms with E-state index in [0.717, 1.165) is 11.3 Å². The highest BCUT2D eigenvalue weighted by molar-refractivity contribution is 5.83. The average Bonchev–Trinajstić information content (AvgIpc) is 3.21. The van der Waals surface area contributed by atoms with Crippen molar-refractivity contribution in [2.45, 2.75) is 18.9 Å². The van der Waals surface area contributed by atoms with Crippen molar-refractivity contribution in [3.63, 3.8) is 0 Å². The van der Waals surface area contributed by atoms with Crippen LogP contribution in [-0.2, 0) is 4.79 Å². The number of fused-ring (bicyclic) bond motifs is 3. The largest absolute Gasteiger partial charge is 0.353 e. The van der Waals surface area contributed by atoms with Gasteiger partial charge in [0.1, 0.15) is 0 Å². The standard InChI is InChI=1S/C20H19N3O/c1-14(15-7-3-2-4-8-15)20(24)22-12-19-17-10-6-5-9-16(17)18-11-21-13-23(18)19/h2-11,13-14,19H,12H2,1H3,(H,22,24)/t14-,19+/m0/s1. The van der Waals surface area contributed by atoms with E-state index in [1.807, 2.05) is 61.9 Å². The monoisotopic (exact) mass is 317 g/mol. The first-order valence-corrected chi connectivity index (χ1v) is 8.19. The maximum atomic E-state index is 12.5. The summed E-state index contributed by atoms with van der Waals surface area (Å²) in [5, 5.41) is 3.11. The summed E-state index contributed by atoms with van der Waals surface area (Å²) in [5.41, 5.74) is 4.58. The third-order valence-electron chi connectivity index (χ3n) is 4.76. The summed E-state index contributed by atoms with van der Waals surface area (Å²) in [6, 6.07) is 18.3. The Kier molecular flexibility index (Phi) is 3.65. The summed E-state index contributed by atoms with van der Waals surface area (Å²) < 4.78 is 2.14. The predicted octanol–water partition coefficient (Wildman–Crippen LogP) is 3.37. The van der Waals surface area contributed by atoms with Gasteiger partial charge in [-0.05, 0) is 18.1 Å². The molecule has 2 heterocycles. The molecule has 0 bridgehead atoms. The van der Waals surface area contributed by atoms with Crippen LogP contribution in [0.3, 0.4) is 0 Å². The first-order chi connectivity index (χ1) is 11.8. The van der Waals surface area contributed by atoms with Crippen LogP contribution in [0, 0.1) is 0 Å². The minimum Gasteiger partial charge on any atom is -0.353 e. The summed E-state index contributed by atoms with van der Waals surface area (Å²) in [6.45, 7) is 2.51. The van der Waals surface area contributed by atoms with Crippen molar-refractivity contribution in [2.24, 2.45) is 0 Å². The summed E-state index contributed by atoms with van der Waals surface area (Å²) in [6.07, 6.45) is 3.72. The van der Waals surface area contributed by atoms with Crippen LogP contribution in [0.25, 0.3) is 11.3 Å². The van der Waals surface area contributed by atoms with Crippen molar-refractivity contribution in [3.8, 4) is 11.3 Å². The second-order valence-electron chi connectivity index (χ2n) is 6.17. The molecule has 3 aromatic rings. The van der Waals surface area contributed by atoms with E-state index in [4.69, 9.17) is 0 Å². The van der Waals surface area contributed by atoms with Gasteiger partial charge in [-0.1, -0.05) is 54.6 Å². The molecule has 120 valence electrons. The smallest absolute Gasteiger partial charge is 0.227 e. The second-order valence-corrected chi connectivity index (χ2v) is 6.17. The van der Waals surface area contributed by atoms with E-state index in [1.54, 1.807) is 0 Å². The lowest BCUT2D eigenvalue weighted by atomic mass is 10.00. The maximum Gasteiger partial charge on any atom is 0.227 e. The van der Waals surface area contributed by atoms with Gasteiger partial charge in [-0.15, -0.1) is 0 Å². The number of benzene rings is 2. The van der Waals surface area contributed by atoms with Crippen LogP contribution in [0.4, 0.5) is 0 Å². The summed E-state index contributed by atoms with van der Waals surface area (Å²) in [5.74, 6) is -0.114. The molecule has 2 atom stereocenters. The fourth-order valence-electron chi connectivity index (χ4n) is 3.38. The van der Waals surface area contributed by atoms with Gasteiger partial charge in [0, 0.05) is 12.1 Å². The quantitative estimate of drug-likeness (QED) is 0.802. The number of hydrogen-bond donors (Lipinski definition) is 1. The fourth-order valence-corrected chi connectivity index (χ4v) is 3.38. The van der Waals surface area contributed by atoms with Crippen molar-refractivity contribution in [1.29, 1.82) is 0 Å². The van der Waals surface area contributed by atoms with Gasteiger partial charge in [0.05, 0.1) is 30.2 Å². The lowest BCUT2D eigenvalue weighted by Crippen LogP contribution is -2.33. The molecule has 24 heavy (non-hydrogen) atoms. The molecule has 0 spiro atoms. The van der Waals surface area contributed by atoms with Crippen LogP contribution >= 0.6 is 0 Å². The maximum absolute atomic E-state index is 12.5. The molecule has 0 fully saturated rings. The molecule has 4 rings (SSSR count). The van der Waals surface area contributed by atoms with E-state index in [-0.39, 0.29) is 17.9 Å². The van der Waals surface area contributed by atoms with Gasteiger partial charge < -0.3 is 9.88 Å². The number of carbonyl (C=O) groups excluding carboxylic acids is 1. The number of amides is 1. The zero-order chi connectivity index (χ0) is 16.5. The number of nitrogens with one attached hydrogen (secondary N) is 1. The van der Waals surface area contributed by atoms with Gasteiger partial charge in [-0.25, -0.2) is 4.98 Å². The van der Waals surface area contributed by atoms with Crippen molar-refractivity contribution >= 4 is 5.91 Å². The Morgan fingerprint density at radius 1 is 1.17 bits per heavy atom. The number of imidazole rings is 1. The number of nitrogens with zero attached hydrogens (tertiary/aromatic N) is 2.